The minimum absolute atomic E-state index is 0.604. The molecule has 0 bridgehead atoms. The van der Waals surface area contributed by atoms with E-state index in [1.807, 2.05) is 19.9 Å². The topological polar surface area (TPSA) is 32.3 Å². The lowest BCUT2D eigenvalue weighted by molar-refractivity contribution is 0.0800. The number of rotatable bonds is 6. The van der Waals surface area contributed by atoms with Gasteiger partial charge in [0, 0.05) is 6.54 Å². The smallest absolute Gasteiger partial charge is 0.0715 e. The molecule has 1 aromatic carbocycles. The first kappa shape index (κ1) is 12.2. The van der Waals surface area contributed by atoms with E-state index in [-0.39, 0.29) is 0 Å². The largest absolute Gasteiger partial charge is 0.389 e. The Kier molecular flexibility index (Phi) is 4.79. The number of hydrogen-bond donors (Lipinski definition) is 2. The molecule has 2 N–H and O–H groups in total. The third-order valence-corrected chi connectivity index (χ3v) is 2.22. The highest BCUT2D eigenvalue weighted by molar-refractivity contribution is 5.14. The zero-order valence-electron chi connectivity index (χ0n) is 9.66. The van der Waals surface area contributed by atoms with Crippen molar-refractivity contribution in [3.63, 3.8) is 0 Å². The summed E-state index contributed by atoms with van der Waals surface area (Å²) in [5.74, 6) is 0. The summed E-state index contributed by atoms with van der Waals surface area (Å²) in [7, 11) is 0. The molecule has 0 saturated carbocycles. The van der Waals surface area contributed by atoms with Gasteiger partial charge in [0.2, 0.25) is 0 Å². The first-order valence-electron chi connectivity index (χ1n) is 5.55. The second-order valence-corrected chi connectivity index (χ2v) is 4.58. The molecule has 84 valence electrons. The molecule has 2 nitrogen and oxygen atoms in total. The fourth-order valence-corrected chi connectivity index (χ4v) is 1.46. The number of nitrogens with one attached hydrogen (secondary N) is 1. The Morgan fingerprint density at radius 2 is 1.87 bits per heavy atom. The van der Waals surface area contributed by atoms with Crippen molar-refractivity contribution in [3.05, 3.63) is 35.9 Å². The maximum atomic E-state index is 9.47. The maximum absolute atomic E-state index is 9.47. The molecule has 0 aliphatic heterocycles. The van der Waals surface area contributed by atoms with Crippen LogP contribution < -0.4 is 5.32 Å². The first-order valence-corrected chi connectivity index (χ1v) is 5.55. The summed E-state index contributed by atoms with van der Waals surface area (Å²) < 4.78 is 0. The molecule has 0 amide bonds. The molecule has 0 fully saturated rings. The van der Waals surface area contributed by atoms with E-state index in [1.165, 1.54) is 5.56 Å². The van der Waals surface area contributed by atoms with Crippen LogP contribution in [-0.4, -0.2) is 23.8 Å². The van der Waals surface area contributed by atoms with Crippen LogP contribution in [0.5, 0.6) is 0 Å². The third-order valence-electron chi connectivity index (χ3n) is 2.22. The Labute approximate surface area is 92.3 Å². The Morgan fingerprint density at radius 3 is 2.47 bits per heavy atom. The molecule has 0 aliphatic carbocycles. The molecule has 2 heteroatoms. The van der Waals surface area contributed by atoms with Gasteiger partial charge in [-0.25, -0.2) is 0 Å². The van der Waals surface area contributed by atoms with Crippen LogP contribution in [0, 0.1) is 0 Å². The van der Waals surface area contributed by atoms with Crippen LogP contribution in [0.25, 0.3) is 0 Å². The van der Waals surface area contributed by atoms with Gasteiger partial charge in [0.1, 0.15) is 0 Å². The molecule has 1 rings (SSSR count). The van der Waals surface area contributed by atoms with Crippen molar-refractivity contribution in [1.29, 1.82) is 0 Å². The van der Waals surface area contributed by atoms with Crippen molar-refractivity contribution in [1.82, 2.24) is 5.32 Å². The zero-order chi connectivity index (χ0) is 11.1. The van der Waals surface area contributed by atoms with Crippen LogP contribution in [-0.2, 0) is 6.42 Å². The average molecular weight is 207 g/mol. The second kappa shape index (κ2) is 5.89. The summed E-state index contributed by atoms with van der Waals surface area (Å²) in [4.78, 5) is 0. The third kappa shape index (κ3) is 6.26. The molecular weight excluding hydrogens is 186 g/mol. The molecule has 0 unspecified atom stereocenters. The van der Waals surface area contributed by atoms with Gasteiger partial charge in [-0.15, -0.1) is 0 Å². The van der Waals surface area contributed by atoms with Gasteiger partial charge in [-0.3, -0.25) is 0 Å². The van der Waals surface area contributed by atoms with Crippen molar-refractivity contribution in [2.75, 3.05) is 13.1 Å². The SMILES string of the molecule is CC(C)(O)CNCCCc1ccccc1. The number of aryl methyl sites for hydroxylation is 1. The Balaban J connectivity index is 2.08. The molecule has 15 heavy (non-hydrogen) atoms. The lowest BCUT2D eigenvalue weighted by atomic mass is 10.1. The van der Waals surface area contributed by atoms with E-state index in [0.717, 1.165) is 19.4 Å². The normalized spacial score (nSPS) is 11.7. The fourth-order valence-electron chi connectivity index (χ4n) is 1.46. The van der Waals surface area contributed by atoms with E-state index in [1.54, 1.807) is 0 Å². The molecular formula is C13H21NO. The molecule has 0 heterocycles. The summed E-state index contributed by atoms with van der Waals surface area (Å²) in [5.41, 5.74) is 0.773. The first-order chi connectivity index (χ1) is 7.08. The van der Waals surface area contributed by atoms with Gasteiger partial charge in [-0.2, -0.15) is 0 Å². The number of aliphatic hydroxyl groups is 1. The Hall–Kier alpha value is -0.860. The van der Waals surface area contributed by atoms with Crippen molar-refractivity contribution in [2.45, 2.75) is 32.3 Å². The Bertz CT molecular complexity index is 264. The maximum Gasteiger partial charge on any atom is 0.0715 e. The highest BCUT2D eigenvalue weighted by atomic mass is 16.3. The van der Waals surface area contributed by atoms with Gasteiger partial charge in [0.25, 0.3) is 0 Å². The van der Waals surface area contributed by atoms with Gasteiger partial charge in [0.05, 0.1) is 5.60 Å². The molecule has 0 saturated heterocycles. The van der Waals surface area contributed by atoms with Crippen LogP contribution in [0.4, 0.5) is 0 Å². The van der Waals surface area contributed by atoms with E-state index in [9.17, 15) is 5.11 Å². The molecule has 0 aromatic heterocycles. The van der Waals surface area contributed by atoms with Crippen LogP contribution in [0.1, 0.15) is 25.8 Å². The van der Waals surface area contributed by atoms with E-state index < -0.39 is 5.60 Å². The summed E-state index contributed by atoms with van der Waals surface area (Å²) in [5, 5.41) is 12.7. The summed E-state index contributed by atoms with van der Waals surface area (Å²) in [6.45, 7) is 5.25. The lowest BCUT2D eigenvalue weighted by Crippen LogP contribution is -2.35. The molecule has 0 aliphatic rings. The van der Waals surface area contributed by atoms with Gasteiger partial charge in [0.15, 0.2) is 0 Å². The Morgan fingerprint density at radius 1 is 1.20 bits per heavy atom. The quantitative estimate of drug-likeness (QED) is 0.699. The van der Waals surface area contributed by atoms with E-state index >= 15 is 0 Å². The minimum Gasteiger partial charge on any atom is -0.389 e. The molecule has 0 atom stereocenters. The number of benzene rings is 1. The van der Waals surface area contributed by atoms with Crippen LogP contribution in [0.2, 0.25) is 0 Å². The zero-order valence-corrected chi connectivity index (χ0v) is 9.66. The second-order valence-electron chi connectivity index (χ2n) is 4.58. The summed E-state index contributed by atoms with van der Waals surface area (Å²) in [6, 6.07) is 10.5. The van der Waals surface area contributed by atoms with Crippen LogP contribution >= 0.6 is 0 Å². The van der Waals surface area contributed by atoms with E-state index in [0.29, 0.717) is 6.54 Å². The molecule has 1 aromatic rings. The van der Waals surface area contributed by atoms with Crippen LogP contribution in [0.15, 0.2) is 30.3 Å². The van der Waals surface area contributed by atoms with Gasteiger partial charge in [-0.1, -0.05) is 30.3 Å². The molecule has 0 spiro atoms. The van der Waals surface area contributed by atoms with Crippen LogP contribution in [0.3, 0.4) is 0 Å². The fraction of sp³-hybridized carbons (Fsp3) is 0.538. The van der Waals surface area contributed by atoms with Crippen molar-refractivity contribution in [2.24, 2.45) is 0 Å². The van der Waals surface area contributed by atoms with Crippen molar-refractivity contribution in [3.8, 4) is 0 Å². The van der Waals surface area contributed by atoms with Gasteiger partial charge < -0.3 is 10.4 Å². The molecule has 0 radical (unpaired) electrons. The minimum atomic E-state index is -0.604. The highest BCUT2D eigenvalue weighted by Gasteiger charge is 2.10. The van der Waals surface area contributed by atoms with E-state index in [2.05, 4.69) is 29.6 Å². The van der Waals surface area contributed by atoms with Crippen molar-refractivity contribution >= 4 is 0 Å². The number of hydrogen-bond acceptors (Lipinski definition) is 2. The highest BCUT2D eigenvalue weighted by Crippen LogP contribution is 2.02. The average Bonchev–Trinajstić information content (AvgIpc) is 2.17. The summed E-state index contributed by atoms with van der Waals surface area (Å²) in [6.07, 6.45) is 2.21. The predicted octanol–water partition coefficient (Wildman–Crippen LogP) is 1.98. The van der Waals surface area contributed by atoms with E-state index in [4.69, 9.17) is 0 Å². The monoisotopic (exact) mass is 207 g/mol. The summed E-state index contributed by atoms with van der Waals surface area (Å²) >= 11 is 0. The predicted molar refractivity (Wildman–Crippen MR) is 63.9 cm³/mol. The lowest BCUT2D eigenvalue weighted by Gasteiger charge is -2.17. The van der Waals surface area contributed by atoms with Gasteiger partial charge >= 0.3 is 0 Å². The van der Waals surface area contributed by atoms with Gasteiger partial charge in [-0.05, 0) is 38.8 Å². The standard InChI is InChI=1S/C13H21NO/c1-13(2,15)11-14-10-6-9-12-7-4-3-5-8-12/h3-5,7-8,14-15H,6,9-11H2,1-2H3. The van der Waals surface area contributed by atoms with Crippen molar-refractivity contribution < 1.29 is 5.11 Å².